The minimum atomic E-state index is -3.58. The zero-order chi connectivity index (χ0) is 15.5. The molecule has 1 aliphatic rings. The molecule has 1 aliphatic heterocycles. The van der Waals surface area contributed by atoms with Crippen LogP contribution in [0, 0.1) is 5.92 Å². The number of aromatic nitrogens is 1. The molecule has 0 saturated carbocycles. The van der Waals surface area contributed by atoms with Crippen molar-refractivity contribution >= 4 is 15.7 Å². The summed E-state index contributed by atoms with van der Waals surface area (Å²) in [5.74, 6) is 5.78. The molecule has 3 N–H and O–H groups in total. The van der Waals surface area contributed by atoms with Crippen molar-refractivity contribution in [3.8, 4) is 0 Å². The number of hydrogen-bond donors (Lipinski definition) is 2. The van der Waals surface area contributed by atoms with E-state index in [0.29, 0.717) is 18.2 Å². The van der Waals surface area contributed by atoms with Crippen molar-refractivity contribution in [2.45, 2.75) is 17.7 Å². The maximum absolute atomic E-state index is 12.6. The number of nitrogen functional groups attached to an aromatic ring is 1. The van der Waals surface area contributed by atoms with Crippen LogP contribution in [0.1, 0.15) is 12.8 Å². The van der Waals surface area contributed by atoms with E-state index in [2.05, 4.69) is 22.4 Å². The Hall–Kier alpha value is -1.22. The number of nitrogens with one attached hydrogen (secondary N) is 1. The molecule has 21 heavy (non-hydrogen) atoms. The standard InChI is InChI=1S/C13H23N5O2S/c1-17-7-4-11(5-8-17)10-18(2)21(19,20)13-9-15-6-3-12(13)16-14/h3,6,9,11H,4-5,7-8,10,14H2,1-2H3,(H,15,16). The lowest BCUT2D eigenvalue weighted by molar-refractivity contribution is 0.202. The molecule has 2 heterocycles. The van der Waals surface area contributed by atoms with Crippen molar-refractivity contribution in [1.82, 2.24) is 14.2 Å². The Labute approximate surface area is 126 Å². The monoisotopic (exact) mass is 313 g/mol. The van der Waals surface area contributed by atoms with E-state index in [-0.39, 0.29) is 4.90 Å². The molecule has 0 spiro atoms. The smallest absolute Gasteiger partial charge is 0.246 e. The summed E-state index contributed by atoms with van der Waals surface area (Å²) in [5.41, 5.74) is 2.77. The van der Waals surface area contributed by atoms with Crippen LogP contribution in [0.5, 0.6) is 0 Å². The molecule has 1 aromatic heterocycles. The zero-order valence-electron chi connectivity index (χ0n) is 12.5. The number of likely N-dealkylation sites (tertiary alicyclic amines) is 1. The average Bonchev–Trinajstić information content (AvgIpc) is 2.49. The molecular formula is C13H23N5O2S. The van der Waals surface area contributed by atoms with Gasteiger partial charge in [-0.05, 0) is 45.0 Å². The fourth-order valence-electron chi connectivity index (χ4n) is 2.58. The van der Waals surface area contributed by atoms with Crippen LogP contribution >= 0.6 is 0 Å². The predicted octanol–water partition coefficient (Wildman–Crippen LogP) is 0.330. The van der Waals surface area contributed by atoms with E-state index in [9.17, 15) is 8.42 Å². The van der Waals surface area contributed by atoms with Gasteiger partial charge in [-0.25, -0.2) is 12.7 Å². The highest BCUT2D eigenvalue weighted by atomic mass is 32.2. The predicted molar refractivity (Wildman–Crippen MR) is 82.1 cm³/mol. The molecule has 1 saturated heterocycles. The second-order valence-electron chi connectivity index (χ2n) is 5.55. The lowest BCUT2D eigenvalue weighted by Crippen LogP contribution is -2.38. The molecule has 118 valence electrons. The molecule has 1 aromatic rings. The SMILES string of the molecule is CN1CCC(CN(C)S(=O)(=O)c2cnccc2NN)CC1. The van der Waals surface area contributed by atoms with Crippen LogP contribution in [-0.4, -0.2) is 56.3 Å². The topological polar surface area (TPSA) is 91.6 Å². The van der Waals surface area contributed by atoms with Crippen LogP contribution in [0.2, 0.25) is 0 Å². The minimum absolute atomic E-state index is 0.114. The maximum Gasteiger partial charge on any atom is 0.246 e. The molecule has 0 amide bonds. The molecule has 0 atom stereocenters. The first-order valence-corrected chi connectivity index (χ1v) is 8.44. The number of piperidine rings is 1. The number of hydrazine groups is 1. The normalized spacial score (nSPS) is 18.1. The summed E-state index contributed by atoms with van der Waals surface area (Å²) < 4.78 is 26.7. The van der Waals surface area contributed by atoms with Crippen molar-refractivity contribution in [3.63, 3.8) is 0 Å². The second-order valence-corrected chi connectivity index (χ2v) is 7.56. The number of rotatable bonds is 5. The molecule has 1 fully saturated rings. The third-order valence-corrected chi connectivity index (χ3v) is 5.83. The van der Waals surface area contributed by atoms with Gasteiger partial charge in [0.15, 0.2) is 0 Å². The van der Waals surface area contributed by atoms with Crippen LogP contribution in [0.3, 0.4) is 0 Å². The van der Waals surface area contributed by atoms with Crippen molar-refractivity contribution < 1.29 is 8.42 Å². The number of anilines is 1. The van der Waals surface area contributed by atoms with Gasteiger partial charge in [0.1, 0.15) is 4.90 Å². The molecule has 2 rings (SSSR count). The quantitative estimate of drug-likeness (QED) is 0.601. The Kier molecular flexibility index (Phi) is 5.15. The lowest BCUT2D eigenvalue weighted by Gasteiger charge is -2.31. The van der Waals surface area contributed by atoms with Gasteiger partial charge in [0.2, 0.25) is 10.0 Å². The van der Waals surface area contributed by atoms with E-state index in [1.807, 2.05) is 0 Å². The Bertz CT molecular complexity index is 570. The summed E-state index contributed by atoms with van der Waals surface area (Å²) in [6.07, 6.45) is 4.87. The first-order chi connectivity index (χ1) is 9.95. The number of hydrogen-bond acceptors (Lipinski definition) is 6. The molecule has 0 unspecified atom stereocenters. The summed E-state index contributed by atoms with van der Waals surface area (Å²) in [6.45, 7) is 2.55. The van der Waals surface area contributed by atoms with Gasteiger partial charge >= 0.3 is 0 Å². The van der Waals surface area contributed by atoms with Crippen molar-refractivity contribution in [2.24, 2.45) is 11.8 Å². The van der Waals surface area contributed by atoms with Crippen molar-refractivity contribution in [2.75, 3.05) is 39.2 Å². The van der Waals surface area contributed by atoms with Gasteiger partial charge in [-0.3, -0.25) is 10.8 Å². The minimum Gasteiger partial charge on any atom is -0.323 e. The molecular weight excluding hydrogens is 290 g/mol. The number of sulfonamides is 1. The highest BCUT2D eigenvalue weighted by Gasteiger charge is 2.27. The summed E-state index contributed by atoms with van der Waals surface area (Å²) in [5, 5.41) is 0. The maximum atomic E-state index is 12.6. The van der Waals surface area contributed by atoms with E-state index in [0.717, 1.165) is 25.9 Å². The largest absolute Gasteiger partial charge is 0.323 e. The fourth-order valence-corrected chi connectivity index (χ4v) is 3.92. The van der Waals surface area contributed by atoms with E-state index < -0.39 is 10.0 Å². The van der Waals surface area contributed by atoms with Gasteiger partial charge in [0.05, 0.1) is 5.69 Å². The molecule has 7 nitrogen and oxygen atoms in total. The van der Waals surface area contributed by atoms with Gasteiger partial charge in [-0.15, -0.1) is 0 Å². The number of pyridine rings is 1. The van der Waals surface area contributed by atoms with E-state index in [1.165, 1.54) is 16.7 Å². The van der Waals surface area contributed by atoms with E-state index in [1.54, 1.807) is 13.1 Å². The third kappa shape index (κ3) is 3.70. The number of nitrogens with two attached hydrogens (primary N) is 1. The molecule has 0 aliphatic carbocycles. The molecule has 0 radical (unpaired) electrons. The Morgan fingerprint density at radius 1 is 1.48 bits per heavy atom. The highest BCUT2D eigenvalue weighted by Crippen LogP contribution is 2.24. The zero-order valence-corrected chi connectivity index (χ0v) is 13.3. The summed E-state index contributed by atoms with van der Waals surface area (Å²) in [7, 11) is 0.121. The summed E-state index contributed by atoms with van der Waals surface area (Å²) >= 11 is 0. The van der Waals surface area contributed by atoms with Gasteiger partial charge in [-0.2, -0.15) is 0 Å². The fraction of sp³-hybridized carbons (Fsp3) is 0.615. The van der Waals surface area contributed by atoms with Gasteiger partial charge < -0.3 is 10.3 Å². The van der Waals surface area contributed by atoms with Crippen LogP contribution < -0.4 is 11.3 Å². The first kappa shape index (κ1) is 16.2. The van der Waals surface area contributed by atoms with E-state index in [4.69, 9.17) is 5.84 Å². The average molecular weight is 313 g/mol. The highest BCUT2D eigenvalue weighted by molar-refractivity contribution is 7.89. The van der Waals surface area contributed by atoms with Crippen LogP contribution in [-0.2, 0) is 10.0 Å². The molecule has 0 bridgehead atoms. The summed E-state index contributed by atoms with van der Waals surface area (Å²) in [4.78, 5) is 6.27. The van der Waals surface area contributed by atoms with Gasteiger partial charge in [0, 0.05) is 26.0 Å². The van der Waals surface area contributed by atoms with Crippen LogP contribution in [0.4, 0.5) is 5.69 Å². The third-order valence-electron chi connectivity index (χ3n) is 3.98. The van der Waals surface area contributed by atoms with Crippen molar-refractivity contribution in [1.29, 1.82) is 0 Å². The Morgan fingerprint density at radius 2 is 2.14 bits per heavy atom. The van der Waals surface area contributed by atoms with E-state index >= 15 is 0 Å². The van der Waals surface area contributed by atoms with Crippen LogP contribution in [0.25, 0.3) is 0 Å². The summed E-state index contributed by atoms with van der Waals surface area (Å²) in [6, 6.07) is 1.55. The Balaban J connectivity index is 2.11. The van der Waals surface area contributed by atoms with Crippen molar-refractivity contribution in [3.05, 3.63) is 18.5 Å². The van der Waals surface area contributed by atoms with Crippen LogP contribution in [0.15, 0.2) is 23.4 Å². The molecule has 8 heteroatoms. The molecule has 0 aromatic carbocycles. The first-order valence-electron chi connectivity index (χ1n) is 7.00. The lowest BCUT2D eigenvalue weighted by atomic mass is 9.97. The number of nitrogens with zero attached hydrogens (tertiary/aromatic N) is 3. The Morgan fingerprint density at radius 3 is 2.76 bits per heavy atom. The van der Waals surface area contributed by atoms with Gasteiger partial charge in [-0.1, -0.05) is 0 Å². The van der Waals surface area contributed by atoms with Gasteiger partial charge in [0.25, 0.3) is 0 Å². The second kappa shape index (κ2) is 6.69.